The zero-order chi connectivity index (χ0) is 16.4. The Morgan fingerprint density at radius 3 is 2.67 bits per heavy atom. The molecule has 3 rings (SSSR count). The van der Waals surface area contributed by atoms with Gasteiger partial charge in [-0.2, -0.15) is 4.98 Å². The summed E-state index contributed by atoms with van der Waals surface area (Å²) in [5.74, 6) is 0.886. The number of para-hydroxylation sites is 1. The zero-order valence-corrected chi connectivity index (χ0v) is 14.5. The average Bonchev–Trinajstić information content (AvgIpc) is 2.94. The first-order valence-corrected chi connectivity index (χ1v) is 7.78. The molecule has 0 radical (unpaired) electrons. The molecule has 1 aromatic carbocycles. The smallest absolute Gasteiger partial charge is 0.319 e. The lowest BCUT2D eigenvalue weighted by Gasteiger charge is -2.34. The van der Waals surface area contributed by atoms with Gasteiger partial charge in [0.25, 0.3) is 5.89 Å². The van der Waals surface area contributed by atoms with Gasteiger partial charge in [0.2, 0.25) is 0 Å². The minimum atomic E-state index is -0.473. The van der Waals surface area contributed by atoms with Crippen molar-refractivity contribution in [3.05, 3.63) is 30.1 Å². The van der Waals surface area contributed by atoms with Crippen molar-refractivity contribution in [2.75, 3.05) is 5.32 Å². The SMILES string of the molecule is CC(C)NC(=O)Nc1ccccc1-c1nc(C2(N)CCC2)no1.Cl. The fraction of sp³-hybridized carbons (Fsp3) is 0.438. The summed E-state index contributed by atoms with van der Waals surface area (Å²) >= 11 is 0. The molecule has 1 fully saturated rings. The Hall–Kier alpha value is -2.12. The summed E-state index contributed by atoms with van der Waals surface area (Å²) in [4.78, 5) is 16.3. The van der Waals surface area contributed by atoms with E-state index in [0.29, 0.717) is 23.0 Å². The second kappa shape index (κ2) is 7.19. The number of carbonyl (C=O) groups excluding carboxylic acids is 1. The highest BCUT2D eigenvalue weighted by Crippen LogP contribution is 2.38. The molecule has 24 heavy (non-hydrogen) atoms. The van der Waals surface area contributed by atoms with Crippen LogP contribution in [0.5, 0.6) is 0 Å². The Labute approximate surface area is 146 Å². The minimum Gasteiger partial charge on any atom is -0.336 e. The van der Waals surface area contributed by atoms with Gasteiger partial charge in [-0.25, -0.2) is 4.79 Å². The number of urea groups is 1. The molecule has 2 aromatic rings. The van der Waals surface area contributed by atoms with Crippen molar-refractivity contribution in [2.24, 2.45) is 5.73 Å². The molecular weight excluding hydrogens is 330 g/mol. The highest BCUT2D eigenvalue weighted by Gasteiger charge is 2.39. The van der Waals surface area contributed by atoms with Crippen molar-refractivity contribution < 1.29 is 9.32 Å². The highest BCUT2D eigenvalue weighted by molar-refractivity contribution is 5.93. The molecule has 0 aliphatic heterocycles. The molecule has 7 nitrogen and oxygen atoms in total. The van der Waals surface area contributed by atoms with Gasteiger partial charge in [-0.05, 0) is 45.2 Å². The molecule has 0 unspecified atom stereocenters. The van der Waals surface area contributed by atoms with Gasteiger partial charge in [-0.1, -0.05) is 17.3 Å². The van der Waals surface area contributed by atoms with Crippen molar-refractivity contribution in [1.82, 2.24) is 15.5 Å². The summed E-state index contributed by atoms with van der Waals surface area (Å²) in [6, 6.07) is 7.08. The third-order valence-corrected chi connectivity index (χ3v) is 3.94. The first-order chi connectivity index (χ1) is 11.0. The summed E-state index contributed by atoms with van der Waals surface area (Å²) < 4.78 is 5.36. The molecule has 0 spiro atoms. The fourth-order valence-corrected chi connectivity index (χ4v) is 2.52. The molecule has 2 amide bonds. The van der Waals surface area contributed by atoms with Gasteiger partial charge in [-0.15, -0.1) is 12.4 Å². The topological polar surface area (TPSA) is 106 Å². The van der Waals surface area contributed by atoms with Gasteiger partial charge < -0.3 is 20.9 Å². The molecule has 1 aliphatic rings. The van der Waals surface area contributed by atoms with Crippen LogP contribution in [0.2, 0.25) is 0 Å². The average molecular weight is 352 g/mol. The molecule has 1 heterocycles. The van der Waals surface area contributed by atoms with Gasteiger partial charge in [0.1, 0.15) is 0 Å². The molecule has 8 heteroatoms. The maximum Gasteiger partial charge on any atom is 0.319 e. The Morgan fingerprint density at radius 2 is 2.04 bits per heavy atom. The van der Waals surface area contributed by atoms with E-state index in [1.165, 1.54) is 0 Å². The number of anilines is 1. The zero-order valence-electron chi connectivity index (χ0n) is 13.7. The van der Waals surface area contributed by atoms with Crippen LogP contribution in [-0.2, 0) is 5.54 Å². The van der Waals surface area contributed by atoms with Crippen LogP contribution >= 0.6 is 12.4 Å². The molecule has 0 bridgehead atoms. The van der Waals surface area contributed by atoms with Crippen molar-refractivity contribution >= 4 is 24.1 Å². The van der Waals surface area contributed by atoms with Gasteiger partial charge in [0.15, 0.2) is 5.82 Å². The number of amides is 2. The van der Waals surface area contributed by atoms with E-state index in [4.69, 9.17) is 10.3 Å². The van der Waals surface area contributed by atoms with Crippen molar-refractivity contribution in [2.45, 2.75) is 44.7 Å². The van der Waals surface area contributed by atoms with Gasteiger partial charge >= 0.3 is 6.03 Å². The molecule has 0 atom stereocenters. The number of nitrogens with zero attached hydrogens (tertiary/aromatic N) is 2. The molecule has 1 saturated carbocycles. The minimum absolute atomic E-state index is 0. The van der Waals surface area contributed by atoms with Crippen molar-refractivity contribution in [3.63, 3.8) is 0 Å². The number of nitrogens with two attached hydrogens (primary N) is 1. The lowest BCUT2D eigenvalue weighted by Crippen LogP contribution is -2.44. The predicted molar refractivity (Wildman–Crippen MR) is 94.0 cm³/mol. The number of aromatic nitrogens is 2. The van der Waals surface area contributed by atoms with E-state index in [-0.39, 0.29) is 24.5 Å². The van der Waals surface area contributed by atoms with Crippen LogP contribution in [0.1, 0.15) is 38.9 Å². The Kier molecular flexibility index (Phi) is 5.46. The Balaban J connectivity index is 0.00000208. The van der Waals surface area contributed by atoms with Crippen LogP contribution in [-0.4, -0.2) is 22.2 Å². The molecule has 130 valence electrons. The Bertz CT molecular complexity index is 712. The van der Waals surface area contributed by atoms with Gasteiger partial charge in [0, 0.05) is 6.04 Å². The summed E-state index contributed by atoms with van der Waals surface area (Å²) in [6.07, 6.45) is 2.80. The second-order valence-electron chi connectivity index (χ2n) is 6.23. The van der Waals surface area contributed by atoms with E-state index in [1.807, 2.05) is 32.0 Å². The largest absolute Gasteiger partial charge is 0.336 e. The number of hydrogen-bond donors (Lipinski definition) is 3. The predicted octanol–water partition coefficient (Wildman–Crippen LogP) is 3.03. The van der Waals surface area contributed by atoms with Crippen molar-refractivity contribution in [1.29, 1.82) is 0 Å². The van der Waals surface area contributed by atoms with Crippen molar-refractivity contribution in [3.8, 4) is 11.5 Å². The number of nitrogens with one attached hydrogen (secondary N) is 2. The maximum atomic E-state index is 11.9. The van der Waals surface area contributed by atoms with Crippen LogP contribution in [0, 0.1) is 0 Å². The Morgan fingerprint density at radius 1 is 1.33 bits per heavy atom. The summed E-state index contributed by atoms with van der Waals surface area (Å²) in [5.41, 5.74) is 7.04. The van der Waals surface area contributed by atoms with E-state index >= 15 is 0 Å². The third-order valence-electron chi connectivity index (χ3n) is 3.94. The van der Waals surface area contributed by atoms with Crippen LogP contribution < -0.4 is 16.4 Å². The lowest BCUT2D eigenvalue weighted by atomic mass is 9.77. The lowest BCUT2D eigenvalue weighted by molar-refractivity contribution is 0.229. The molecular formula is C16H22ClN5O2. The van der Waals surface area contributed by atoms with E-state index in [2.05, 4.69) is 20.8 Å². The van der Waals surface area contributed by atoms with E-state index in [1.54, 1.807) is 6.07 Å². The fourth-order valence-electron chi connectivity index (χ4n) is 2.52. The highest BCUT2D eigenvalue weighted by atomic mass is 35.5. The van der Waals surface area contributed by atoms with Crippen LogP contribution in [0.4, 0.5) is 10.5 Å². The standard InChI is InChI=1S/C16H21N5O2.ClH/c1-10(2)18-15(22)19-12-7-4-3-6-11(12)13-20-14(21-23-13)16(17)8-5-9-16;/h3-4,6-7,10H,5,8-9,17H2,1-2H3,(H2,18,19,22);1H. The molecule has 1 aliphatic carbocycles. The number of halogens is 1. The number of rotatable bonds is 4. The molecule has 4 N–H and O–H groups in total. The summed E-state index contributed by atoms with van der Waals surface area (Å²) in [7, 11) is 0. The van der Waals surface area contributed by atoms with Gasteiger partial charge in [-0.3, -0.25) is 0 Å². The number of hydrogen-bond acceptors (Lipinski definition) is 5. The first-order valence-electron chi connectivity index (χ1n) is 7.78. The van der Waals surface area contributed by atoms with Crippen LogP contribution in [0.3, 0.4) is 0 Å². The van der Waals surface area contributed by atoms with Crippen LogP contribution in [0.25, 0.3) is 11.5 Å². The maximum absolute atomic E-state index is 11.9. The second-order valence-corrected chi connectivity index (χ2v) is 6.23. The first kappa shape index (κ1) is 18.2. The number of carbonyl (C=O) groups is 1. The summed E-state index contributed by atoms with van der Waals surface area (Å²) in [5, 5.41) is 9.60. The quantitative estimate of drug-likeness (QED) is 0.785. The van der Waals surface area contributed by atoms with E-state index < -0.39 is 5.54 Å². The van der Waals surface area contributed by atoms with E-state index in [0.717, 1.165) is 19.3 Å². The third kappa shape index (κ3) is 3.68. The molecule has 1 aromatic heterocycles. The van der Waals surface area contributed by atoms with Crippen LogP contribution in [0.15, 0.2) is 28.8 Å². The molecule has 0 saturated heterocycles. The number of benzene rings is 1. The van der Waals surface area contributed by atoms with E-state index in [9.17, 15) is 4.79 Å². The monoisotopic (exact) mass is 351 g/mol. The normalized spacial score (nSPS) is 15.3. The summed E-state index contributed by atoms with van der Waals surface area (Å²) in [6.45, 7) is 3.80. The van der Waals surface area contributed by atoms with Gasteiger partial charge in [0.05, 0.1) is 16.8 Å².